The number of rotatable bonds is 8. The summed E-state index contributed by atoms with van der Waals surface area (Å²) in [5, 5.41) is 16.7. The van der Waals surface area contributed by atoms with Crippen LogP contribution in [0.1, 0.15) is 36.6 Å². The molecule has 8 nitrogen and oxygen atoms in total. The van der Waals surface area contributed by atoms with Crippen molar-refractivity contribution >= 4 is 30.6 Å². The molecule has 1 saturated heterocycles. The molecule has 2 heterocycles. The summed E-state index contributed by atoms with van der Waals surface area (Å²) in [5.41, 5.74) is 1.93. The average Bonchev–Trinajstić information content (AvgIpc) is 3.18. The number of methoxy groups -OCH3 is 1. The number of thiol groups is 1. The molecule has 0 spiro atoms. The monoisotopic (exact) mass is 448 g/mol. The number of aryl methyl sites for hydroxylation is 1. The first-order valence-electron chi connectivity index (χ1n) is 9.95. The van der Waals surface area contributed by atoms with Crippen LogP contribution in [0.2, 0.25) is 0 Å². The third-order valence-corrected chi connectivity index (χ3v) is 5.82. The van der Waals surface area contributed by atoms with Gasteiger partial charge >= 0.3 is 11.9 Å². The number of carboxylic acid groups (broad SMARTS) is 1. The minimum absolute atomic E-state index is 0.0439. The van der Waals surface area contributed by atoms with Gasteiger partial charge in [0.25, 0.3) is 0 Å². The first-order chi connectivity index (χ1) is 14.9. The quantitative estimate of drug-likeness (QED) is 0.473. The van der Waals surface area contributed by atoms with Gasteiger partial charge < -0.3 is 9.84 Å². The topological polar surface area (TPSA) is 97.5 Å². The number of hydrogen-bond donors (Lipinski definition) is 2. The summed E-state index contributed by atoms with van der Waals surface area (Å²) in [4.78, 5) is 25.2. The van der Waals surface area contributed by atoms with Gasteiger partial charge in [-0.1, -0.05) is 23.4 Å². The number of aliphatic carboxylic acids is 1. The van der Waals surface area contributed by atoms with Gasteiger partial charge in [-0.05, 0) is 30.6 Å². The van der Waals surface area contributed by atoms with Crippen LogP contribution in [-0.2, 0) is 20.9 Å². The highest BCUT2D eigenvalue weighted by atomic mass is 32.1. The van der Waals surface area contributed by atoms with Crippen LogP contribution < -0.4 is 0 Å². The van der Waals surface area contributed by atoms with Crippen LogP contribution in [0.15, 0.2) is 36.0 Å². The highest BCUT2D eigenvalue weighted by Crippen LogP contribution is 2.32. The van der Waals surface area contributed by atoms with Gasteiger partial charge in [0, 0.05) is 36.9 Å². The summed E-state index contributed by atoms with van der Waals surface area (Å²) in [6.07, 6.45) is 4.64. The van der Waals surface area contributed by atoms with E-state index in [0.717, 1.165) is 11.3 Å². The molecule has 1 aromatic carbocycles. The van der Waals surface area contributed by atoms with E-state index >= 15 is 0 Å². The van der Waals surface area contributed by atoms with E-state index < -0.39 is 23.8 Å². The third-order valence-electron chi connectivity index (χ3n) is 5.23. The van der Waals surface area contributed by atoms with Crippen LogP contribution in [0.25, 0.3) is 6.08 Å². The van der Waals surface area contributed by atoms with Crippen LogP contribution in [0.4, 0.5) is 4.39 Å². The molecule has 3 rings (SSSR count). The van der Waals surface area contributed by atoms with E-state index in [9.17, 15) is 14.0 Å². The first kappa shape index (κ1) is 23.0. The standard InChI is InChI=1S/C21H25FN4O4S/c1-30-21(29)20(16-5-2-3-6-17(16)22)25-10-8-18(31)14(13-25)11-15-12-23-24-26(15)9-4-7-19(27)28/h2-3,5-6,11-12,18,20,31H,4,7-10,13H2,1H3,(H,27,28). The van der Waals surface area contributed by atoms with Crippen LogP contribution in [0, 0.1) is 5.82 Å². The SMILES string of the molecule is COC(=O)C(c1ccccc1F)N1CCC(S)C(=Cc2cnnn2CCCC(=O)O)C1. The highest BCUT2D eigenvalue weighted by molar-refractivity contribution is 7.81. The molecule has 1 aromatic heterocycles. The second-order valence-electron chi connectivity index (χ2n) is 7.32. The molecule has 1 aliphatic rings. The number of halogens is 1. The molecule has 2 atom stereocenters. The fourth-order valence-electron chi connectivity index (χ4n) is 3.66. The molecular weight excluding hydrogens is 423 g/mol. The van der Waals surface area contributed by atoms with Crippen molar-refractivity contribution < 1.29 is 23.8 Å². The lowest BCUT2D eigenvalue weighted by atomic mass is 9.97. The maximum atomic E-state index is 14.5. The van der Waals surface area contributed by atoms with Crippen LogP contribution in [0.5, 0.6) is 0 Å². The fraction of sp³-hybridized carbons (Fsp3) is 0.429. The highest BCUT2D eigenvalue weighted by Gasteiger charge is 2.34. The van der Waals surface area contributed by atoms with Gasteiger partial charge in [-0.3, -0.25) is 9.69 Å². The van der Waals surface area contributed by atoms with Crippen molar-refractivity contribution in [1.82, 2.24) is 19.9 Å². The van der Waals surface area contributed by atoms with Crippen molar-refractivity contribution in [2.75, 3.05) is 20.2 Å². The molecule has 1 aliphatic heterocycles. The Hall–Kier alpha value is -2.72. The molecule has 1 fully saturated rings. The van der Waals surface area contributed by atoms with Gasteiger partial charge in [0.1, 0.15) is 11.9 Å². The predicted octanol–water partition coefficient (Wildman–Crippen LogP) is 2.58. The van der Waals surface area contributed by atoms with E-state index in [-0.39, 0.29) is 17.2 Å². The van der Waals surface area contributed by atoms with E-state index in [0.29, 0.717) is 32.5 Å². The number of carbonyl (C=O) groups excluding carboxylic acids is 1. The molecule has 0 aliphatic carbocycles. The van der Waals surface area contributed by atoms with Crippen molar-refractivity contribution in [3.63, 3.8) is 0 Å². The average molecular weight is 449 g/mol. The Morgan fingerprint density at radius 3 is 2.90 bits per heavy atom. The maximum absolute atomic E-state index is 14.5. The Morgan fingerprint density at radius 2 is 2.19 bits per heavy atom. The molecule has 0 radical (unpaired) electrons. The van der Waals surface area contributed by atoms with Gasteiger partial charge in [0.05, 0.1) is 19.0 Å². The summed E-state index contributed by atoms with van der Waals surface area (Å²) in [6.45, 7) is 1.37. The number of hydrogen-bond acceptors (Lipinski definition) is 7. The number of aromatic nitrogens is 3. The second-order valence-corrected chi connectivity index (χ2v) is 7.94. The fourth-order valence-corrected chi connectivity index (χ4v) is 3.93. The van der Waals surface area contributed by atoms with Crippen molar-refractivity contribution in [1.29, 1.82) is 0 Å². The molecule has 10 heteroatoms. The normalized spacial score (nSPS) is 19.3. The number of benzene rings is 1. The van der Waals surface area contributed by atoms with Gasteiger partial charge in [-0.15, -0.1) is 5.10 Å². The summed E-state index contributed by atoms with van der Waals surface area (Å²) in [6, 6.07) is 5.33. The van der Waals surface area contributed by atoms with E-state index in [4.69, 9.17) is 9.84 Å². The smallest absolute Gasteiger partial charge is 0.327 e. The molecule has 166 valence electrons. The Labute approximate surface area is 185 Å². The van der Waals surface area contributed by atoms with Crippen molar-refractivity contribution in [2.45, 2.75) is 37.1 Å². The third kappa shape index (κ3) is 5.71. The van der Waals surface area contributed by atoms with E-state index in [2.05, 4.69) is 22.9 Å². The van der Waals surface area contributed by atoms with Gasteiger partial charge in [0.2, 0.25) is 0 Å². The number of carboxylic acids is 1. The molecule has 0 saturated carbocycles. The van der Waals surface area contributed by atoms with Gasteiger partial charge in [-0.2, -0.15) is 12.6 Å². The Kier molecular flexibility index (Phi) is 7.80. The van der Waals surface area contributed by atoms with Crippen LogP contribution in [0.3, 0.4) is 0 Å². The number of likely N-dealkylation sites (tertiary alicyclic amines) is 1. The minimum Gasteiger partial charge on any atom is -0.481 e. The number of esters is 1. The molecule has 2 aromatic rings. The van der Waals surface area contributed by atoms with Crippen LogP contribution in [-0.4, -0.2) is 62.4 Å². The van der Waals surface area contributed by atoms with Gasteiger partial charge in [0.15, 0.2) is 0 Å². The summed E-state index contributed by atoms with van der Waals surface area (Å²) >= 11 is 4.68. The Bertz CT molecular complexity index is 964. The minimum atomic E-state index is -0.867. The number of piperidine rings is 1. The molecular formula is C21H25FN4O4S. The number of carbonyl (C=O) groups is 2. The Balaban J connectivity index is 1.84. The Morgan fingerprint density at radius 1 is 1.42 bits per heavy atom. The zero-order valence-corrected chi connectivity index (χ0v) is 18.0. The summed E-state index contributed by atoms with van der Waals surface area (Å²) < 4.78 is 21.1. The second kappa shape index (κ2) is 10.5. The lowest BCUT2D eigenvalue weighted by Gasteiger charge is -2.36. The summed E-state index contributed by atoms with van der Waals surface area (Å²) in [5.74, 6) is -1.85. The predicted molar refractivity (Wildman–Crippen MR) is 115 cm³/mol. The van der Waals surface area contributed by atoms with E-state index in [1.165, 1.54) is 13.2 Å². The van der Waals surface area contributed by atoms with Crippen molar-refractivity contribution in [3.05, 3.63) is 53.1 Å². The largest absolute Gasteiger partial charge is 0.481 e. The van der Waals surface area contributed by atoms with Crippen molar-refractivity contribution in [3.8, 4) is 0 Å². The number of ether oxygens (including phenoxy) is 1. The zero-order chi connectivity index (χ0) is 22.4. The molecule has 2 unspecified atom stereocenters. The van der Waals surface area contributed by atoms with Gasteiger partial charge in [-0.25, -0.2) is 13.9 Å². The molecule has 0 amide bonds. The molecule has 0 bridgehead atoms. The summed E-state index contributed by atoms with van der Waals surface area (Å²) in [7, 11) is 1.29. The van der Waals surface area contributed by atoms with Crippen molar-refractivity contribution in [2.24, 2.45) is 0 Å². The lowest BCUT2D eigenvalue weighted by molar-refractivity contribution is -0.147. The lowest BCUT2D eigenvalue weighted by Crippen LogP contribution is -2.42. The molecule has 1 N–H and O–H groups in total. The first-order valence-corrected chi connectivity index (χ1v) is 10.5. The molecule has 31 heavy (non-hydrogen) atoms. The number of nitrogens with zero attached hydrogens (tertiary/aromatic N) is 4. The maximum Gasteiger partial charge on any atom is 0.327 e. The van der Waals surface area contributed by atoms with Crippen LogP contribution >= 0.6 is 12.6 Å². The van der Waals surface area contributed by atoms with E-state index in [1.807, 2.05) is 11.0 Å². The van der Waals surface area contributed by atoms with E-state index in [1.54, 1.807) is 29.1 Å². The zero-order valence-electron chi connectivity index (χ0n) is 17.1.